The zero-order chi connectivity index (χ0) is 18.1. The number of nitrogens with zero attached hydrogens (tertiary/aromatic N) is 4. The van der Waals surface area contributed by atoms with Gasteiger partial charge in [0.1, 0.15) is 0 Å². The van der Waals surface area contributed by atoms with Crippen molar-refractivity contribution in [3.8, 4) is 0 Å². The molecule has 3 aliphatic heterocycles. The van der Waals surface area contributed by atoms with Gasteiger partial charge in [0.05, 0.1) is 5.69 Å². The second kappa shape index (κ2) is 8.04. The normalized spacial score (nSPS) is 32.3. The lowest BCUT2D eigenvalue weighted by Crippen LogP contribution is -2.31. The first-order valence-electron chi connectivity index (χ1n) is 11.2. The molecule has 5 nitrogen and oxygen atoms in total. The minimum atomic E-state index is 0.817. The van der Waals surface area contributed by atoms with Gasteiger partial charge in [0.15, 0.2) is 5.82 Å². The lowest BCUT2D eigenvalue weighted by molar-refractivity contribution is 0.0544. The summed E-state index contributed by atoms with van der Waals surface area (Å²) in [6.07, 6.45) is 9.02. The molecule has 0 radical (unpaired) electrons. The fourth-order valence-electron chi connectivity index (χ4n) is 6.00. The number of rotatable bonds is 5. The maximum absolute atomic E-state index is 5.51. The minimum Gasteiger partial charge on any atom is -0.381 e. The zero-order valence-electron chi connectivity index (χ0n) is 16.6. The zero-order valence-corrected chi connectivity index (χ0v) is 16.6. The van der Waals surface area contributed by atoms with Gasteiger partial charge in [0.25, 0.3) is 0 Å². The summed E-state index contributed by atoms with van der Waals surface area (Å²) in [6, 6.07) is 4.42. The van der Waals surface area contributed by atoms with Gasteiger partial charge in [-0.3, -0.25) is 0 Å². The SMILES string of the molecule is c1cc(N2CCCC2)nnc1CC1C[C@@H]2CN(CC3CCOCC3)C[C@@H]2C1. The fourth-order valence-corrected chi connectivity index (χ4v) is 6.00. The molecule has 0 bridgehead atoms. The van der Waals surface area contributed by atoms with E-state index in [9.17, 15) is 0 Å². The Morgan fingerprint density at radius 2 is 1.67 bits per heavy atom. The van der Waals surface area contributed by atoms with Gasteiger partial charge in [0, 0.05) is 45.9 Å². The van der Waals surface area contributed by atoms with Crippen LogP contribution in [0, 0.1) is 23.7 Å². The summed E-state index contributed by atoms with van der Waals surface area (Å²) >= 11 is 0. The summed E-state index contributed by atoms with van der Waals surface area (Å²) in [5, 5.41) is 9.07. The van der Waals surface area contributed by atoms with Gasteiger partial charge in [-0.2, -0.15) is 5.10 Å². The van der Waals surface area contributed by atoms with Crippen LogP contribution in [0.2, 0.25) is 0 Å². The maximum atomic E-state index is 5.51. The standard InChI is InChI=1S/C22H34N4O/c1-2-8-26(7-1)22-4-3-21(23-24-22)13-18-11-19-15-25(16-20(19)12-18)14-17-5-9-27-10-6-17/h3-4,17-20H,1-2,5-16H2/t18?,19-,20+. The number of hydrogen-bond acceptors (Lipinski definition) is 5. The van der Waals surface area contributed by atoms with Gasteiger partial charge < -0.3 is 14.5 Å². The minimum absolute atomic E-state index is 0.817. The molecule has 1 aliphatic carbocycles. The molecule has 0 aromatic carbocycles. The van der Waals surface area contributed by atoms with Crippen LogP contribution in [0.15, 0.2) is 12.1 Å². The van der Waals surface area contributed by atoms with E-state index in [4.69, 9.17) is 4.74 Å². The maximum Gasteiger partial charge on any atom is 0.151 e. The van der Waals surface area contributed by atoms with Crippen LogP contribution in [-0.2, 0) is 11.2 Å². The smallest absolute Gasteiger partial charge is 0.151 e. The van der Waals surface area contributed by atoms with Gasteiger partial charge >= 0.3 is 0 Å². The number of aromatic nitrogens is 2. The summed E-state index contributed by atoms with van der Waals surface area (Å²) in [4.78, 5) is 5.12. The second-order valence-electron chi connectivity index (χ2n) is 9.41. The van der Waals surface area contributed by atoms with Crippen LogP contribution in [0.4, 0.5) is 5.82 Å². The Bertz CT molecular complexity index is 595. The monoisotopic (exact) mass is 370 g/mol. The fraction of sp³-hybridized carbons (Fsp3) is 0.818. The molecule has 5 rings (SSSR count). The highest BCUT2D eigenvalue weighted by Crippen LogP contribution is 2.43. The average Bonchev–Trinajstić information content (AvgIpc) is 3.40. The molecule has 3 saturated heterocycles. The van der Waals surface area contributed by atoms with Crippen molar-refractivity contribution in [1.82, 2.24) is 15.1 Å². The van der Waals surface area contributed by atoms with Crippen molar-refractivity contribution in [2.24, 2.45) is 23.7 Å². The van der Waals surface area contributed by atoms with Crippen LogP contribution in [0.25, 0.3) is 0 Å². The lowest BCUT2D eigenvalue weighted by Gasteiger charge is -2.27. The van der Waals surface area contributed by atoms with Gasteiger partial charge in [-0.05, 0) is 80.8 Å². The topological polar surface area (TPSA) is 41.5 Å². The predicted molar refractivity (Wildman–Crippen MR) is 107 cm³/mol. The largest absolute Gasteiger partial charge is 0.381 e. The summed E-state index contributed by atoms with van der Waals surface area (Å²) < 4.78 is 5.51. The van der Waals surface area contributed by atoms with Crippen LogP contribution in [0.3, 0.4) is 0 Å². The highest BCUT2D eigenvalue weighted by molar-refractivity contribution is 5.38. The summed E-state index contributed by atoms with van der Waals surface area (Å²) in [6.45, 7) is 8.21. The predicted octanol–water partition coefficient (Wildman–Crippen LogP) is 3.00. The molecule has 1 unspecified atom stereocenters. The first-order chi connectivity index (χ1) is 13.3. The highest BCUT2D eigenvalue weighted by Gasteiger charge is 2.41. The molecule has 27 heavy (non-hydrogen) atoms. The molecule has 4 fully saturated rings. The Morgan fingerprint density at radius 1 is 0.926 bits per heavy atom. The number of ether oxygens (including phenoxy) is 1. The first-order valence-corrected chi connectivity index (χ1v) is 11.2. The Hall–Kier alpha value is -1.20. The van der Waals surface area contributed by atoms with Crippen molar-refractivity contribution in [3.05, 3.63) is 17.8 Å². The molecule has 1 aromatic rings. The summed E-state index contributed by atoms with van der Waals surface area (Å²) in [5.41, 5.74) is 1.20. The summed E-state index contributed by atoms with van der Waals surface area (Å²) in [5.74, 6) is 4.61. The molecule has 1 aromatic heterocycles. The third-order valence-corrected chi connectivity index (χ3v) is 7.42. The molecular formula is C22H34N4O. The van der Waals surface area contributed by atoms with E-state index in [0.717, 1.165) is 62.2 Å². The van der Waals surface area contributed by atoms with E-state index < -0.39 is 0 Å². The molecule has 5 heteroatoms. The van der Waals surface area contributed by atoms with Crippen LogP contribution in [0.1, 0.15) is 44.2 Å². The van der Waals surface area contributed by atoms with E-state index in [-0.39, 0.29) is 0 Å². The van der Waals surface area contributed by atoms with E-state index in [2.05, 4.69) is 32.1 Å². The van der Waals surface area contributed by atoms with E-state index >= 15 is 0 Å². The first kappa shape index (κ1) is 17.9. The molecule has 0 amide bonds. The van der Waals surface area contributed by atoms with Crippen LogP contribution in [0.5, 0.6) is 0 Å². The van der Waals surface area contributed by atoms with Crippen molar-refractivity contribution in [2.45, 2.75) is 44.9 Å². The molecule has 0 N–H and O–H groups in total. The lowest BCUT2D eigenvalue weighted by atomic mass is 9.98. The van der Waals surface area contributed by atoms with Crippen molar-refractivity contribution in [3.63, 3.8) is 0 Å². The van der Waals surface area contributed by atoms with Crippen LogP contribution < -0.4 is 4.90 Å². The van der Waals surface area contributed by atoms with Gasteiger partial charge in [0.2, 0.25) is 0 Å². The van der Waals surface area contributed by atoms with Gasteiger partial charge in [-0.15, -0.1) is 5.10 Å². The quantitative estimate of drug-likeness (QED) is 0.797. The Kier molecular flexibility index (Phi) is 5.32. The Balaban J connectivity index is 1.09. The average molecular weight is 371 g/mol. The molecule has 0 spiro atoms. The van der Waals surface area contributed by atoms with Crippen LogP contribution >= 0.6 is 0 Å². The van der Waals surface area contributed by atoms with Gasteiger partial charge in [-0.25, -0.2) is 0 Å². The van der Waals surface area contributed by atoms with Gasteiger partial charge in [-0.1, -0.05) is 0 Å². The Morgan fingerprint density at radius 3 is 2.33 bits per heavy atom. The van der Waals surface area contributed by atoms with Crippen LogP contribution in [-0.4, -0.2) is 61.0 Å². The van der Waals surface area contributed by atoms with E-state index in [1.165, 1.54) is 63.9 Å². The third kappa shape index (κ3) is 4.14. The molecule has 148 valence electrons. The van der Waals surface area contributed by atoms with E-state index in [1.54, 1.807) is 0 Å². The second-order valence-corrected chi connectivity index (χ2v) is 9.41. The number of anilines is 1. The van der Waals surface area contributed by atoms with Crippen molar-refractivity contribution >= 4 is 5.82 Å². The molecular weight excluding hydrogens is 336 g/mol. The van der Waals surface area contributed by atoms with Crippen molar-refractivity contribution in [1.29, 1.82) is 0 Å². The van der Waals surface area contributed by atoms with Crippen molar-refractivity contribution < 1.29 is 4.74 Å². The van der Waals surface area contributed by atoms with Crippen molar-refractivity contribution in [2.75, 3.05) is 50.8 Å². The number of hydrogen-bond donors (Lipinski definition) is 0. The molecule has 4 heterocycles. The summed E-state index contributed by atoms with van der Waals surface area (Å²) in [7, 11) is 0. The molecule has 4 aliphatic rings. The van der Waals surface area contributed by atoms with E-state index in [1.807, 2.05) is 0 Å². The number of fused-ring (bicyclic) bond motifs is 1. The molecule has 3 atom stereocenters. The van der Waals surface area contributed by atoms with E-state index in [0.29, 0.717) is 0 Å². The highest BCUT2D eigenvalue weighted by atomic mass is 16.5. The third-order valence-electron chi connectivity index (χ3n) is 7.42. The molecule has 1 saturated carbocycles. The Labute approximate surface area is 163 Å². The number of likely N-dealkylation sites (tertiary alicyclic amines) is 1.